The van der Waals surface area contributed by atoms with Crippen molar-refractivity contribution in [3.05, 3.63) is 48.5 Å². The normalized spacial score (nSPS) is 15.2. The summed E-state index contributed by atoms with van der Waals surface area (Å²) in [7, 11) is 0. The van der Waals surface area contributed by atoms with E-state index >= 15 is 0 Å². The third-order valence-electron chi connectivity index (χ3n) is 4.83. The van der Waals surface area contributed by atoms with Crippen LogP contribution in [0.2, 0.25) is 0 Å². The molecule has 140 valence electrons. The zero-order valence-electron chi connectivity index (χ0n) is 15.1. The number of nitrogens with one attached hydrogen (secondary N) is 2. The number of fused-ring (bicyclic) bond motifs is 1. The number of piperazine rings is 1. The number of carbonyl (C=O) groups is 1. The average Bonchev–Trinajstić information content (AvgIpc) is 3.19. The Morgan fingerprint density at radius 3 is 2.70 bits per heavy atom. The molecule has 27 heavy (non-hydrogen) atoms. The molecule has 8 heteroatoms. The highest BCUT2D eigenvalue weighted by molar-refractivity contribution is 5.82. The van der Waals surface area contributed by atoms with Crippen molar-refractivity contribution in [2.24, 2.45) is 0 Å². The minimum absolute atomic E-state index is 0.178. The Hall–Kier alpha value is -3.00. The molecule has 0 unspecified atom stereocenters. The highest BCUT2D eigenvalue weighted by Crippen LogP contribution is 2.14. The molecule has 1 aromatic carbocycles. The Morgan fingerprint density at radius 1 is 1.07 bits per heavy atom. The molecule has 0 aliphatic carbocycles. The van der Waals surface area contributed by atoms with Gasteiger partial charge in [0.15, 0.2) is 11.5 Å². The number of imidazole rings is 1. The second kappa shape index (κ2) is 8.13. The van der Waals surface area contributed by atoms with Gasteiger partial charge in [-0.3, -0.25) is 9.69 Å². The summed E-state index contributed by atoms with van der Waals surface area (Å²) in [4.78, 5) is 32.2. The minimum Gasteiger partial charge on any atom is -0.368 e. The fraction of sp³-hybridized carbons (Fsp3) is 0.368. The molecule has 0 spiro atoms. The molecule has 1 saturated heterocycles. The smallest absolute Gasteiger partial charge is 0.224 e. The molecule has 1 aliphatic rings. The fourth-order valence-corrected chi connectivity index (χ4v) is 3.34. The van der Waals surface area contributed by atoms with Gasteiger partial charge in [0.1, 0.15) is 11.8 Å². The van der Waals surface area contributed by atoms with Gasteiger partial charge in [-0.1, -0.05) is 30.3 Å². The Bertz CT molecular complexity index is 887. The van der Waals surface area contributed by atoms with Gasteiger partial charge in [-0.2, -0.15) is 0 Å². The van der Waals surface area contributed by atoms with Crippen LogP contribution in [0, 0.1) is 0 Å². The van der Waals surface area contributed by atoms with Crippen LogP contribution in [-0.2, 0) is 11.3 Å². The summed E-state index contributed by atoms with van der Waals surface area (Å²) >= 11 is 0. The number of carbonyl (C=O) groups excluding carboxylic acids is 1. The first kappa shape index (κ1) is 17.4. The van der Waals surface area contributed by atoms with Gasteiger partial charge in [-0.25, -0.2) is 15.0 Å². The molecule has 0 atom stereocenters. The number of aromatic nitrogens is 4. The third kappa shape index (κ3) is 4.22. The molecule has 2 aromatic heterocycles. The van der Waals surface area contributed by atoms with E-state index in [0.717, 1.165) is 38.2 Å². The second-order valence-electron chi connectivity index (χ2n) is 6.64. The third-order valence-corrected chi connectivity index (χ3v) is 4.83. The zero-order chi connectivity index (χ0) is 18.5. The van der Waals surface area contributed by atoms with Gasteiger partial charge >= 0.3 is 0 Å². The van der Waals surface area contributed by atoms with Crippen molar-refractivity contribution in [1.29, 1.82) is 0 Å². The number of amides is 1. The maximum absolute atomic E-state index is 12.5. The van der Waals surface area contributed by atoms with E-state index in [-0.39, 0.29) is 5.91 Å². The molecular formula is C19H23N7O. The van der Waals surface area contributed by atoms with Gasteiger partial charge in [0.2, 0.25) is 5.91 Å². The molecule has 0 radical (unpaired) electrons. The lowest BCUT2D eigenvalue weighted by Crippen LogP contribution is -2.48. The summed E-state index contributed by atoms with van der Waals surface area (Å²) in [5.74, 6) is 0.856. The molecule has 0 bridgehead atoms. The zero-order valence-corrected chi connectivity index (χ0v) is 15.1. The van der Waals surface area contributed by atoms with Crippen LogP contribution >= 0.6 is 0 Å². The first-order valence-corrected chi connectivity index (χ1v) is 9.21. The highest BCUT2D eigenvalue weighted by atomic mass is 16.2. The van der Waals surface area contributed by atoms with Crippen molar-refractivity contribution in [2.75, 3.05) is 38.0 Å². The minimum atomic E-state index is 0.178. The highest BCUT2D eigenvalue weighted by Gasteiger charge is 2.20. The molecular weight excluding hydrogens is 342 g/mol. The number of nitrogens with zero attached hydrogens (tertiary/aromatic N) is 5. The quantitative estimate of drug-likeness (QED) is 0.688. The van der Waals surface area contributed by atoms with Crippen molar-refractivity contribution in [1.82, 2.24) is 29.7 Å². The van der Waals surface area contributed by atoms with Crippen LogP contribution in [0.3, 0.4) is 0 Å². The van der Waals surface area contributed by atoms with Crippen LogP contribution in [0.1, 0.15) is 12.0 Å². The topological polar surface area (TPSA) is 90.0 Å². The van der Waals surface area contributed by atoms with E-state index in [9.17, 15) is 4.79 Å². The van der Waals surface area contributed by atoms with Crippen LogP contribution in [0.25, 0.3) is 11.2 Å². The first-order chi connectivity index (χ1) is 13.3. The van der Waals surface area contributed by atoms with Crippen molar-refractivity contribution >= 4 is 22.9 Å². The Kier molecular flexibility index (Phi) is 5.24. The van der Waals surface area contributed by atoms with Crippen LogP contribution in [-0.4, -0.2) is 68.4 Å². The molecule has 1 fully saturated rings. The van der Waals surface area contributed by atoms with Gasteiger partial charge in [-0.05, 0) is 5.56 Å². The maximum atomic E-state index is 12.5. The number of rotatable bonds is 6. The summed E-state index contributed by atoms with van der Waals surface area (Å²) in [6.07, 6.45) is 3.50. The Labute approximate surface area is 157 Å². The molecule has 1 aliphatic heterocycles. The van der Waals surface area contributed by atoms with Crippen LogP contribution < -0.4 is 5.32 Å². The predicted octanol–water partition coefficient (Wildman–Crippen LogP) is 1.50. The van der Waals surface area contributed by atoms with E-state index in [2.05, 4.69) is 54.4 Å². The molecule has 1 amide bonds. The maximum Gasteiger partial charge on any atom is 0.224 e. The lowest BCUT2D eigenvalue weighted by atomic mass is 10.2. The Morgan fingerprint density at radius 2 is 1.89 bits per heavy atom. The van der Waals surface area contributed by atoms with Crippen LogP contribution in [0.15, 0.2) is 43.0 Å². The molecule has 4 rings (SSSR count). The number of aromatic amines is 1. The van der Waals surface area contributed by atoms with E-state index in [1.807, 2.05) is 11.0 Å². The van der Waals surface area contributed by atoms with Crippen molar-refractivity contribution < 1.29 is 4.79 Å². The lowest BCUT2D eigenvalue weighted by Gasteiger charge is -2.34. The predicted molar refractivity (Wildman–Crippen MR) is 103 cm³/mol. The summed E-state index contributed by atoms with van der Waals surface area (Å²) in [6.45, 7) is 4.87. The molecule has 2 N–H and O–H groups in total. The summed E-state index contributed by atoms with van der Waals surface area (Å²) in [5, 5.41) is 3.20. The summed E-state index contributed by atoms with van der Waals surface area (Å²) in [6, 6.07) is 10.5. The van der Waals surface area contributed by atoms with E-state index < -0.39 is 0 Å². The standard InChI is InChI=1S/C19H23N7O/c27-16(6-7-20-18-17-19(22-13-21-17)24-14-23-18)26-10-8-25(9-11-26)12-15-4-2-1-3-5-15/h1-5,13-14H,6-12H2,(H2,20,21,22,23,24). The van der Waals surface area contributed by atoms with E-state index in [4.69, 9.17) is 0 Å². The van der Waals surface area contributed by atoms with Crippen LogP contribution in [0.5, 0.6) is 0 Å². The van der Waals surface area contributed by atoms with Gasteiger partial charge in [0.25, 0.3) is 0 Å². The van der Waals surface area contributed by atoms with Crippen molar-refractivity contribution in [3.8, 4) is 0 Å². The average molecular weight is 365 g/mol. The number of hydrogen-bond acceptors (Lipinski definition) is 6. The molecule has 8 nitrogen and oxygen atoms in total. The fourth-order valence-electron chi connectivity index (χ4n) is 3.34. The summed E-state index contributed by atoms with van der Waals surface area (Å²) < 4.78 is 0. The van der Waals surface area contributed by atoms with E-state index in [1.165, 1.54) is 11.9 Å². The first-order valence-electron chi connectivity index (χ1n) is 9.21. The number of benzene rings is 1. The monoisotopic (exact) mass is 365 g/mol. The van der Waals surface area contributed by atoms with Gasteiger partial charge < -0.3 is 15.2 Å². The van der Waals surface area contributed by atoms with E-state index in [0.29, 0.717) is 24.4 Å². The SMILES string of the molecule is O=C(CCNc1ncnc2nc[nH]c12)N1CCN(Cc2ccccc2)CC1. The van der Waals surface area contributed by atoms with Crippen molar-refractivity contribution in [2.45, 2.75) is 13.0 Å². The van der Waals surface area contributed by atoms with Crippen molar-refractivity contribution in [3.63, 3.8) is 0 Å². The molecule has 3 heterocycles. The van der Waals surface area contributed by atoms with Gasteiger partial charge in [-0.15, -0.1) is 0 Å². The second-order valence-corrected chi connectivity index (χ2v) is 6.64. The van der Waals surface area contributed by atoms with Gasteiger partial charge in [0, 0.05) is 45.7 Å². The van der Waals surface area contributed by atoms with Crippen LogP contribution in [0.4, 0.5) is 5.82 Å². The largest absolute Gasteiger partial charge is 0.368 e. The Balaban J connectivity index is 1.22. The summed E-state index contributed by atoms with van der Waals surface area (Å²) in [5.41, 5.74) is 2.70. The molecule has 3 aromatic rings. The number of hydrogen-bond donors (Lipinski definition) is 2. The molecule has 0 saturated carbocycles. The number of anilines is 1. The number of H-pyrrole nitrogens is 1. The van der Waals surface area contributed by atoms with E-state index in [1.54, 1.807) is 6.33 Å². The van der Waals surface area contributed by atoms with Gasteiger partial charge in [0.05, 0.1) is 6.33 Å². The lowest BCUT2D eigenvalue weighted by molar-refractivity contribution is -0.132.